The van der Waals surface area contributed by atoms with Crippen LogP contribution >= 0.6 is 0 Å². The first-order chi connectivity index (χ1) is 17.9. The molecule has 2 saturated heterocycles. The number of pyridine rings is 2. The number of anilines is 4. The van der Waals surface area contributed by atoms with Crippen molar-refractivity contribution in [3.63, 3.8) is 0 Å². The quantitative estimate of drug-likeness (QED) is 0.482. The minimum atomic E-state index is -2.14. The molecule has 0 aliphatic carbocycles. The second kappa shape index (κ2) is 9.88. The summed E-state index contributed by atoms with van der Waals surface area (Å²) in [5, 5.41) is 15.2. The second-order valence-corrected chi connectivity index (χ2v) is 13.6. The van der Waals surface area contributed by atoms with Gasteiger partial charge in [-0.2, -0.15) is 4.98 Å². The maximum absolute atomic E-state index is 14.7. The van der Waals surface area contributed by atoms with Gasteiger partial charge >= 0.3 is 0 Å². The van der Waals surface area contributed by atoms with Crippen LogP contribution in [0.15, 0.2) is 35.1 Å². The fourth-order valence-corrected chi connectivity index (χ4v) is 5.84. The Kier molecular flexibility index (Phi) is 6.89. The van der Waals surface area contributed by atoms with Gasteiger partial charge in [0.25, 0.3) is 0 Å². The molecular formula is C26H35FN8O2S. The van der Waals surface area contributed by atoms with Gasteiger partial charge in [-0.15, -0.1) is 0 Å². The van der Waals surface area contributed by atoms with Crippen molar-refractivity contribution in [1.29, 1.82) is 0 Å². The molecule has 0 radical (unpaired) electrons. The summed E-state index contributed by atoms with van der Waals surface area (Å²) in [6.07, 6.45) is 8.01. The third kappa shape index (κ3) is 5.51. The van der Waals surface area contributed by atoms with E-state index in [0.717, 1.165) is 22.2 Å². The Morgan fingerprint density at radius 3 is 2.61 bits per heavy atom. The van der Waals surface area contributed by atoms with Crippen LogP contribution < -0.4 is 15.1 Å². The third-order valence-electron chi connectivity index (χ3n) is 7.02. The minimum Gasteiger partial charge on any atom is -0.390 e. The van der Waals surface area contributed by atoms with Crippen LogP contribution in [0.5, 0.6) is 0 Å². The molecule has 0 aromatic carbocycles. The summed E-state index contributed by atoms with van der Waals surface area (Å²) in [5.74, 6) is 2.68. The number of nitrogens with zero attached hydrogens (tertiary/aromatic N) is 7. The van der Waals surface area contributed by atoms with Gasteiger partial charge < -0.3 is 20.2 Å². The van der Waals surface area contributed by atoms with Crippen LogP contribution in [0.4, 0.5) is 27.8 Å². The van der Waals surface area contributed by atoms with Gasteiger partial charge in [-0.25, -0.2) is 23.7 Å². The number of rotatable bonds is 6. The molecule has 0 unspecified atom stereocenters. The lowest BCUT2D eigenvalue weighted by molar-refractivity contribution is -0.00860. The van der Waals surface area contributed by atoms with Crippen LogP contribution in [0.2, 0.25) is 0 Å². The van der Waals surface area contributed by atoms with Crippen LogP contribution in [0, 0.1) is 0 Å². The first-order valence-electron chi connectivity index (χ1n) is 12.8. The van der Waals surface area contributed by atoms with E-state index >= 15 is 0 Å². The lowest BCUT2D eigenvalue weighted by Crippen LogP contribution is -2.52. The van der Waals surface area contributed by atoms with Crippen molar-refractivity contribution < 1.29 is 13.7 Å². The number of aliphatic hydroxyl groups is 1. The first kappa shape index (κ1) is 26.5. The highest BCUT2D eigenvalue weighted by atomic mass is 32.2. The Balaban J connectivity index is 1.41. The normalized spacial score (nSPS) is 22.6. The van der Waals surface area contributed by atoms with E-state index in [9.17, 15) is 13.7 Å². The maximum Gasteiger partial charge on any atom is 0.227 e. The Labute approximate surface area is 222 Å². The van der Waals surface area contributed by atoms with Crippen molar-refractivity contribution in [3.05, 3.63) is 36.3 Å². The zero-order valence-electron chi connectivity index (χ0n) is 22.4. The summed E-state index contributed by atoms with van der Waals surface area (Å²) in [7, 11) is -2.14. The summed E-state index contributed by atoms with van der Waals surface area (Å²) < 4.78 is 31.2. The van der Waals surface area contributed by atoms with E-state index in [1.165, 1.54) is 6.92 Å². The van der Waals surface area contributed by atoms with Gasteiger partial charge in [-0.05, 0) is 42.3 Å². The molecule has 204 valence electrons. The number of fused-ring (bicyclic) bond motifs is 1. The SMILES string of the molecule is CC(C)c1cnc(N2CC(N=S(C)(C)=O)C2)c2cnc(Nc3ccnc(N4CC[C@@H](O)[C@@](C)(F)C4)n3)cc12. The van der Waals surface area contributed by atoms with Crippen LogP contribution in [-0.4, -0.2) is 85.8 Å². The average molecular weight is 543 g/mol. The van der Waals surface area contributed by atoms with Crippen molar-refractivity contribution >= 4 is 43.9 Å². The van der Waals surface area contributed by atoms with Crippen molar-refractivity contribution in [2.75, 3.05) is 53.8 Å². The highest BCUT2D eigenvalue weighted by Crippen LogP contribution is 2.35. The van der Waals surface area contributed by atoms with Gasteiger partial charge in [0, 0.05) is 65.9 Å². The van der Waals surface area contributed by atoms with E-state index < -0.39 is 21.5 Å². The van der Waals surface area contributed by atoms with E-state index in [-0.39, 0.29) is 18.5 Å². The van der Waals surface area contributed by atoms with Crippen LogP contribution in [0.3, 0.4) is 0 Å². The largest absolute Gasteiger partial charge is 0.390 e. The molecule has 12 heteroatoms. The molecule has 2 aliphatic rings. The molecule has 10 nitrogen and oxygen atoms in total. The number of hydrogen-bond donors (Lipinski definition) is 2. The fraction of sp³-hybridized carbons (Fsp3) is 0.538. The number of aliphatic hydroxyl groups excluding tert-OH is 1. The predicted octanol–water partition coefficient (Wildman–Crippen LogP) is 3.50. The van der Waals surface area contributed by atoms with Crippen molar-refractivity contribution in [3.8, 4) is 0 Å². The minimum absolute atomic E-state index is 0.0254. The number of alkyl halides is 1. The Bertz CT molecular complexity index is 1460. The van der Waals surface area contributed by atoms with E-state index in [2.05, 4.69) is 43.4 Å². The molecule has 0 spiro atoms. The number of hydrogen-bond acceptors (Lipinski definition) is 10. The summed E-state index contributed by atoms with van der Waals surface area (Å²) in [6.45, 7) is 7.52. The van der Waals surface area contributed by atoms with Crippen LogP contribution in [-0.2, 0) is 9.73 Å². The highest BCUT2D eigenvalue weighted by molar-refractivity contribution is 7.92. The first-order valence-corrected chi connectivity index (χ1v) is 15.1. The van der Waals surface area contributed by atoms with Crippen molar-refractivity contribution in [1.82, 2.24) is 19.9 Å². The van der Waals surface area contributed by atoms with Crippen LogP contribution in [0.25, 0.3) is 10.8 Å². The number of aromatic nitrogens is 4. The van der Waals surface area contributed by atoms with Gasteiger partial charge in [0.2, 0.25) is 5.95 Å². The second-order valence-electron chi connectivity index (χ2n) is 11.0. The predicted molar refractivity (Wildman–Crippen MR) is 150 cm³/mol. The zero-order chi connectivity index (χ0) is 27.2. The summed E-state index contributed by atoms with van der Waals surface area (Å²) in [6, 6.07) is 3.78. The monoisotopic (exact) mass is 542 g/mol. The Morgan fingerprint density at radius 1 is 1.16 bits per heavy atom. The lowest BCUT2D eigenvalue weighted by atomic mass is 9.94. The smallest absolute Gasteiger partial charge is 0.227 e. The third-order valence-corrected chi connectivity index (χ3v) is 7.82. The van der Waals surface area contributed by atoms with E-state index in [4.69, 9.17) is 4.98 Å². The van der Waals surface area contributed by atoms with Crippen LogP contribution in [0.1, 0.15) is 38.7 Å². The molecule has 38 heavy (non-hydrogen) atoms. The summed E-state index contributed by atoms with van der Waals surface area (Å²) in [4.78, 5) is 22.2. The Morgan fingerprint density at radius 2 is 1.92 bits per heavy atom. The molecule has 5 rings (SSSR count). The Hall–Kier alpha value is -3.12. The molecule has 2 fully saturated rings. The average Bonchev–Trinajstić information content (AvgIpc) is 2.81. The van der Waals surface area contributed by atoms with E-state index in [1.54, 1.807) is 29.7 Å². The molecule has 2 aliphatic heterocycles. The standard InChI is InChI=1S/C26H35FN8O2S/c1-16(2)19-11-30-24(35-13-17(14-35)33-38(4,5)37)20-12-29-23(10-18(19)20)31-22-6-8-28-25(32-22)34-9-7-21(36)26(3,27)15-34/h6,8,10-12,16-17,21,36H,7,9,13-15H2,1-5H3,(H,28,29,31,32)/t21-,26+/m1/s1. The maximum atomic E-state index is 14.7. The van der Waals surface area contributed by atoms with E-state index in [0.29, 0.717) is 43.6 Å². The number of nitrogens with one attached hydrogen (secondary N) is 1. The molecule has 3 aromatic heterocycles. The fourth-order valence-electron chi connectivity index (χ4n) is 4.99. The summed E-state index contributed by atoms with van der Waals surface area (Å²) >= 11 is 0. The van der Waals surface area contributed by atoms with E-state index in [1.807, 2.05) is 18.5 Å². The van der Waals surface area contributed by atoms with Gasteiger partial charge in [-0.1, -0.05) is 13.8 Å². The van der Waals surface area contributed by atoms with Crippen molar-refractivity contribution in [2.45, 2.75) is 50.9 Å². The molecule has 0 amide bonds. The molecule has 2 N–H and O–H groups in total. The molecular weight excluding hydrogens is 507 g/mol. The van der Waals surface area contributed by atoms with Gasteiger partial charge in [0.1, 0.15) is 17.5 Å². The van der Waals surface area contributed by atoms with Gasteiger partial charge in [0.05, 0.1) is 18.7 Å². The molecule has 2 atom stereocenters. The van der Waals surface area contributed by atoms with Gasteiger partial charge in [0.15, 0.2) is 5.67 Å². The zero-order valence-corrected chi connectivity index (χ0v) is 23.2. The molecule has 0 saturated carbocycles. The number of piperidine rings is 1. The number of halogens is 1. The highest BCUT2D eigenvalue weighted by Gasteiger charge is 2.39. The lowest BCUT2D eigenvalue weighted by Gasteiger charge is -2.38. The molecule has 5 heterocycles. The summed E-state index contributed by atoms with van der Waals surface area (Å²) in [5.41, 5.74) is -0.612. The molecule has 0 bridgehead atoms. The topological polar surface area (TPSA) is 120 Å². The molecule has 3 aromatic rings. The van der Waals surface area contributed by atoms with Crippen molar-refractivity contribution in [2.24, 2.45) is 4.36 Å². The van der Waals surface area contributed by atoms with Gasteiger partial charge in [-0.3, -0.25) is 4.21 Å².